The Bertz CT molecular complexity index is 379. The zero-order valence-electron chi connectivity index (χ0n) is 8.17. The van der Waals surface area contributed by atoms with Crippen LogP contribution in [0.1, 0.15) is 24.1 Å². The van der Waals surface area contributed by atoms with Gasteiger partial charge in [-0.3, -0.25) is 4.68 Å². The molecule has 1 aliphatic carbocycles. The third kappa shape index (κ3) is 1.62. The summed E-state index contributed by atoms with van der Waals surface area (Å²) in [6.45, 7) is -0.248. The lowest BCUT2D eigenvalue weighted by molar-refractivity contribution is -0.142. The van der Waals surface area contributed by atoms with Crippen molar-refractivity contribution in [3.8, 4) is 0 Å². The predicted octanol–water partition coefficient (Wildman–Crippen LogP) is 1.46. The first-order valence-electron chi connectivity index (χ1n) is 4.61. The summed E-state index contributed by atoms with van der Waals surface area (Å²) in [6.07, 6.45) is -1.90. The van der Waals surface area contributed by atoms with E-state index in [0.717, 1.165) is 4.68 Å². The second kappa shape index (κ2) is 2.98. The van der Waals surface area contributed by atoms with Crippen LogP contribution in [0.25, 0.3) is 0 Å². The molecule has 0 radical (unpaired) electrons. The third-order valence-electron chi connectivity index (χ3n) is 2.82. The van der Waals surface area contributed by atoms with Crippen LogP contribution >= 0.6 is 0 Å². The van der Waals surface area contributed by atoms with Gasteiger partial charge in [-0.05, 0) is 12.8 Å². The van der Waals surface area contributed by atoms with E-state index in [1.807, 2.05) is 0 Å². The molecule has 0 aromatic carbocycles. The van der Waals surface area contributed by atoms with Crippen LogP contribution in [0, 0.1) is 0 Å². The minimum atomic E-state index is -4.44. The third-order valence-corrected chi connectivity index (χ3v) is 2.82. The Labute approximate surface area is 84.5 Å². The van der Waals surface area contributed by atoms with Crippen molar-refractivity contribution >= 4 is 0 Å². The van der Waals surface area contributed by atoms with Gasteiger partial charge in [0, 0.05) is 24.2 Å². The second-order valence-corrected chi connectivity index (χ2v) is 4.00. The van der Waals surface area contributed by atoms with Gasteiger partial charge in [0.05, 0.1) is 6.61 Å². The standard InChI is InChI=1S/C9H11F3N2O/c1-14-4-6(8(5-15)2-3-8)7(13-14)9(10,11)12/h4,15H,2-3,5H2,1H3. The van der Waals surface area contributed by atoms with Crippen molar-refractivity contribution in [2.45, 2.75) is 24.4 Å². The van der Waals surface area contributed by atoms with E-state index in [1.54, 1.807) is 0 Å². The Hall–Kier alpha value is -1.04. The average Bonchev–Trinajstić information content (AvgIpc) is 2.82. The molecule has 1 aliphatic rings. The van der Waals surface area contributed by atoms with Gasteiger partial charge in [0.2, 0.25) is 0 Å². The van der Waals surface area contributed by atoms with Crippen molar-refractivity contribution < 1.29 is 18.3 Å². The molecule has 0 spiro atoms. The Balaban J connectivity index is 2.47. The van der Waals surface area contributed by atoms with Gasteiger partial charge in [0.25, 0.3) is 0 Å². The molecular weight excluding hydrogens is 209 g/mol. The fourth-order valence-electron chi connectivity index (χ4n) is 1.75. The van der Waals surface area contributed by atoms with E-state index < -0.39 is 17.3 Å². The molecule has 1 aromatic rings. The molecule has 1 saturated carbocycles. The maximum atomic E-state index is 12.6. The first-order valence-corrected chi connectivity index (χ1v) is 4.61. The average molecular weight is 220 g/mol. The van der Waals surface area contributed by atoms with Gasteiger partial charge in [0.15, 0.2) is 5.69 Å². The number of nitrogens with zero attached hydrogens (tertiary/aromatic N) is 2. The van der Waals surface area contributed by atoms with Crippen molar-refractivity contribution in [1.29, 1.82) is 0 Å². The van der Waals surface area contributed by atoms with Crippen LogP contribution in [0.4, 0.5) is 13.2 Å². The number of aliphatic hydroxyl groups is 1. The van der Waals surface area contributed by atoms with Gasteiger partial charge in [-0.1, -0.05) is 0 Å². The molecule has 0 atom stereocenters. The quantitative estimate of drug-likeness (QED) is 0.819. The highest BCUT2D eigenvalue weighted by Gasteiger charge is 2.51. The summed E-state index contributed by atoms with van der Waals surface area (Å²) >= 11 is 0. The molecule has 3 nitrogen and oxygen atoms in total. The van der Waals surface area contributed by atoms with E-state index in [1.165, 1.54) is 13.2 Å². The number of hydrogen-bond donors (Lipinski definition) is 1. The summed E-state index contributed by atoms with van der Waals surface area (Å²) in [4.78, 5) is 0. The van der Waals surface area contributed by atoms with Gasteiger partial charge in [-0.2, -0.15) is 18.3 Å². The van der Waals surface area contributed by atoms with E-state index in [-0.39, 0.29) is 12.2 Å². The number of aliphatic hydroxyl groups excluding tert-OH is 1. The monoisotopic (exact) mass is 220 g/mol. The normalized spacial score (nSPS) is 19.3. The molecule has 1 heterocycles. The molecule has 1 aromatic heterocycles. The number of halogens is 3. The lowest BCUT2D eigenvalue weighted by Gasteiger charge is -2.12. The highest BCUT2D eigenvalue weighted by Crippen LogP contribution is 2.51. The summed E-state index contributed by atoms with van der Waals surface area (Å²) in [5, 5.41) is 12.5. The van der Waals surface area contributed by atoms with E-state index in [2.05, 4.69) is 5.10 Å². The van der Waals surface area contributed by atoms with Gasteiger partial charge in [-0.25, -0.2) is 0 Å². The lowest BCUT2D eigenvalue weighted by atomic mass is 9.97. The smallest absolute Gasteiger partial charge is 0.395 e. The van der Waals surface area contributed by atoms with Crippen LogP contribution < -0.4 is 0 Å². The van der Waals surface area contributed by atoms with Crippen LogP contribution in [0.3, 0.4) is 0 Å². The molecule has 0 amide bonds. The number of rotatable bonds is 2. The predicted molar refractivity (Wildman–Crippen MR) is 46.2 cm³/mol. The molecular formula is C9H11F3N2O. The Morgan fingerprint density at radius 1 is 1.53 bits per heavy atom. The molecule has 0 bridgehead atoms. The highest BCUT2D eigenvalue weighted by molar-refractivity contribution is 5.35. The van der Waals surface area contributed by atoms with Crippen molar-refractivity contribution in [1.82, 2.24) is 9.78 Å². The first kappa shape index (κ1) is 10.5. The van der Waals surface area contributed by atoms with Crippen LogP contribution in [0.2, 0.25) is 0 Å². The van der Waals surface area contributed by atoms with E-state index >= 15 is 0 Å². The summed E-state index contributed by atoms with van der Waals surface area (Å²) in [7, 11) is 1.45. The molecule has 6 heteroatoms. The molecule has 0 saturated heterocycles. The van der Waals surface area contributed by atoms with Crippen molar-refractivity contribution in [3.63, 3.8) is 0 Å². The summed E-state index contributed by atoms with van der Waals surface area (Å²) in [6, 6.07) is 0. The van der Waals surface area contributed by atoms with Gasteiger partial charge < -0.3 is 5.11 Å². The Morgan fingerprint density at radius 3 is 2.53 bits per heavy atom. The van der Waals surface area contributed by atoms with Gasteiger partial charge in [0.1, 0.15) is 0 Å². The Morgan fingerprint density at radius 2 is 2.13 bits per heavy atom. The summed E-state index contributed by atoms with van der Waals surface area (Å²) < 4.78 is 38.9. The van der Waals surface area contributed by atoms with Gasteiger partial charge >= 0.3 is 6.18 Å². The summed E-state index contributed by atoms with van der Waals surface area (Å²) in [5.74, 6) is 0. The van der Waals surface area contributed by atoms with Crippen molar-refractivity contribution in [2.24, 2.45) is 7.05 Å². The minimum Gasteiger partial charge on any atom is -0.395 e. The second-order valence-electron chi connectivity index (χ2n) is 4.00. The number of hydrogen-bond acceptors (Lipinski definition) is 2. The fraction of sp³-hybridized carbons (Fsp3) is 0.667. The van der Waals surface area contributed by atoms with E-state index in [9.17, 15) is 13.2 Å². The molecule has 0 unspecified atom stereocenters. The minimum absolute atomic E-state index is 0.125. The molecule has 0 aliphatic heterocycles. The largest absolute Gasteiger partial charge is 0.435 e. The van der Waals surface area contributed by atoms with Gasteiger partial charge in [-0.15, -0.1) is 0 Å². The maximum Gasteiger partial charge on any atom is 0.435 e. The maximum absolute atomic E-state index is 12.6. The zero-order valence-corrected chi connectivity index (χ0v) is 8.17. The topological polar surface area (TPSA) is 38.0 Å². The number of aryl methyl sites for hydroxylation is 1. The Kier molecular flexibility index (Phi) is 2.08. The van der Waals surface area contributed by atoms with Crippen LogP contribution in [-0.2, 0) is 18.6 Å². The number of aromatic nitrogens is 2. The van der Waals surface area contributed by atoms with E-state index in [0.29, 0.717) is 12.8 Å². The number of alkyl halides is 3. The molecule has 15 heavy (non-hydrogen) atoms. The van der Waals surface area contributed by atoms with E-state index in [4.69, 9.17) is 5.11 Å². The first-order chi connectivity index (χ1) is 6.89. The fourth-order valence-corrected chi connectivity index (χ4v) is 1.75. The SMILES string of the molecule is Cn1cc(C2(CO)CC2)c(C(F)(F)F)n1. The van der Waals surface area contributed by atoms with Crippen LogP contribution in [0.15, 0.2) is 6.20 Å². The van der Waals surface area contributed by atoms with Crippen LogP contribution in [-0.4, -0.2) is 21.5 Å². The summed E-state index contributed by atoms with van der Waals surface area (Å²) in [5.41, 5.74) is -1.43. The molecule has 84 valence electrons. The van der Waals surface area contributed by atoms with Crippen molar-refractivity contribution in [2.75, 3.05) is 6.61 Å². The molecule has 1 N–H and O–H groups in total. The zero-order chi connectivity index (χ0) is 11.3. The molecule has 1 fully saturated rings. The highest BCUT2D eigenvalue weighted by atomic mass is 19.4. The molecule has 2 rings (SSSR count). The van der Waals surface area contributed by atoms with Crippen LogP contribution in [0.5, 0.6) is 0 Å². The lowest BCUT2D eigenvalue weighted by Crippen LogP contribution is -2.18. The van der Waals surface area contributed by atoms with Crippen molar-refractivity contribution in [3.05, 3.63) is 17.5 Å².